The molecule has 0 saturated heterocycles. The predicted molar refractivity (Wildman–Crippen MR) is 72.6 cm³/mol. The van der Waals surface area contributed by atoms with Crippen LogP contribution in [0.1, 0.15) is 11.1 Å². The maximum Gasteiger partial charge on any atom is 0.287 e. The molecule has 1 heterocycles. The molecule has 2 rings (SSSR count). The van der Waals surface area contributed by atoms with Gasteiger partial charge in [-0.1, -0.05) is 17.7 Å². The van der Waals surface area contributed by atoms with E-state index in [-0.39, 0.29) is 22.8 Å². The molecule has 0 N–H and O–H groups in total. The molecule has 0 bridgehead atoms. The minimum atomic E-state index is -0.705. The second-order valence-corrected chi connectivity index (χ2v) is 4.56. The molecule has 21 heavy (non-hydrogen) atoms. The highest BCUT2D eigenvalue weighted by molar-refractivity contribution is 6.31. The quantitative estimate of drug-likeness (QED) is 0.643. The molecule has 2 aromatic rings. The van der Waals surface area contributed by atoms with Gasteiger partial charge in [0, 0.05) is 11.1 Å². The van der Waals surface area contributed by atoms with Gasteiger partial charge in [0.15, 0.2) is 0 Å². The fourth-order valence-electron chi connectivity index (χ4n) is 1.75. The van der Waals surface area contributed by atoms with Gasteiger partial charge in [0.05, 0.1) is 17.7 Å². The van der Waals surface area contributed by atoms with Gasteiger partial charge in [-0.25, -0.2) is 4.39 Å². The standard InChI is InChI=1S/C13H7ClFN3O3/c14-12-4-10(15)2-1-8(12)6-17-7-11(18(20)21)3-9(5-16)13(17)19/h1-4,7H,6H2. The molecule has 8 heteroatoms. The van der Waals surface area contributed by atoms with Gasteiger partial charge < -0.3 is 4.57 Å². The second-order valence-electron chi connectivity index (χ2n) is 4.15. The van der Waals surface area contributed by atoms with Crippen molar-refractivity contribution in [2.45, 2.75) is 6.54 Å². The van der Waals surface area contributed by atoms with E-state index >= 15 is 0 Å². The summed E-state index contributed by atoms with van der Waals surface area (Å²) in [7, 11) is 0. The fourth-order valence-corrected chi connectivity index (χ4v) is 1.98. The van der Waals surface area contributed by atoms with Crippen molar-refractivity contribution in [3.05, 3.63) is 72.9 Å². The van der Waals surface area contributed by atoms with E-state index < -0.39 is 16.3 Å². The minimum absolute atomic E-state index is 0.0897. The highest BCUT2D eigenvalue weighted by atomic mass is 35.5. The van der Waals surface area contributed by atoms with Crippen molar-refractivity contribution in [3.8, 4) is 6.07 Å². The first-order valence-corrected chi connectivity index (χ1v) is 6.03. The normalized spacial score (nSPS) is 10.1. The topological polar surface area (TPSA) is 88.9 Å². The number of halogens is 2. The molecule has 0 aliphatic carbocycles. The summed E-state index contributed by atoms with van der Waals surface area (Å²) in [5.41, 5.74) is -1.00. The first-order valence-electron chi connectivity index (χ1n) is 5.65. The molecule has 0 radical (unpaired) electrons. The van der Waals surface area contributed by atoms with Crippen molar-refractivity contribution in [2.75, 3.05) is 0 Å². The third-order valence-corrected chi connectivity index (χ3v) is 3.11. The Morgan fingerprint density at radius 3 is 2.71 bits per heavy atom. The van der Waals surface area contributed by atoms with Gasteiger partial charge in [-0.15, -0.1) is 0 Å². The Kier molecular flexibility index (Phi) is 4.00. The van der Waals surface area contributed by atoms with Crippen LogP contribution >= 0.6 is 11.6 Å². The Morgan fingerprint density at radius 2 is 2.14 bits per heavy atom. The number of benzene rings is 1. The predicted octanol–water partition coefficient (Wildman–Crippen LogP) is 2.47. The van der Waals surface area contributed by atoms with E-state index in [0.717, 1.165) is 29.0 Å². The lowest BCUT2D eigenvalue weighted by Gasteiger charge is -2.08. The fraction of sp³-hybridized carbons (Fsp3) is 0.0769. The summed E-state index contributed by atoms with van der Waals surface area (Å²) >= 11 is 5.85. The third-order valence-electron chi connectivity index (χ3n) is 2.76. The summed E-state index contributed by atoms with van der Waals surface area (Å²) in [4.78, 5) is 22.1. The highest BCUT2D eigenvalue weighted by Gasteiger charge is 2.14. The summed E-state index contributed by atoms with van der Waals surface area (Å²) in [5.74, 6) is -0.534. The van der Waals surface area contributed by atoms with E-state index in [1.807, 2.05) is 0 Å². The maximum atomic E-state index is 13.0. The van der Waals surface area contributed by atoms with E-state index in [0.29, 0.717) is 5.56 Å². The third kappa shape index (κ3) is 3.07. The van der Waals surface area contributed by atoms with Crippen molar-refractivity contribution in [1.29, 1.82) is 5.26 Å². The molecular formula is C13H7ClFN3O3. The van der Waals surface area contributed by atoms with Crippen LogP contribution in [0.5, 0.6) is 0 Å². The van der Waals surface area contributed by atoms with Crippen molar-refractivity contribution < 1.29 is 9.31 Å². The monoisotopic (exact) mass is 307 g/mol. The molecule has 1 aromatic carbocycles. The number of rotatable bonds is 3. The van der Waals surface area contributed by atoms with Crippen LogP contribution in [0.15, 0.2) is 35.3 Å². The largest absolute Gasteiger partial charge is 0.303 e. The number of nitro groups is 1. The zero-order valence-electron chi connectivity index (χ0n) is 10.4. The molecule has 106 valence electrons. The Hall–Kier alpha value is -2.72. The maximum absolute atomic E-state index is 13.0. The van der Waals surface area contributed by atoms with E-state index in [9.17, 15) is 19.3 Å². The minimum Gasteiger partial charge on any atom is -0.303 e. The summed E-state index contributed by atoms with van der Waals surface area (Å²) in [6.07, 6.45) is 1.02. The van der Waals surface area contributed by atoms with Crippen LogP contribution in [-0.2, 0) is 6.54 Å². The SMILES string of the molecule is N#Cc1cc([N+](=O)[O-])cn(Cc2ccc(F)cc2Cl)c1=O. The molecule has 1 aromatic heterocycles. The van der Waals surface area contributed by atoms with Crippen LogP contribution in [0.25, 0.3) is 0 Å². The van der Waals surface area contributed by atoms with Gasteiger partial charge in [0.1, 0.15) is 17.4 Å². The Labute approximate surface area is 122 Å². The molecule has 0 aliphatic rings. The van der Waals surface area contributed by atoms with Gasteiger partial charge in [-0.05, 0) is 17.7 Å². The number of nitrogens with zero attached hydrogens (tertiary/aromatic N) is 3. The summed E-state index contributed by atoms with van der Waals surface area (Å²) in [6.45, 7) is -0.103. The van der Waals surface area contributed by atoms with Crippen LogP contribution in [0.3, 0.4) is 0 Å². The van der Waals surface area contributed by atoms with E-state index in [2.05, 4.69) is 0 Å². The Morgan fingerprint density at radius 1 is 1.43 bits per heavy atom. The van der Waals surface area contributed by atoms with Crippen molar-refractivity contribution in [2.24, 2.45) is 0 Å². The molecule has 0 fully saturated rings. The Bertz CT molecular complexity index is 826. The first kappa shape index (κ1) is 14.7. The van der Waals surface area contributed by atoms with Gasteiger partial charge in [-0.2, -0.15) is 5.26 Å². The molecule has 0 unspecified atom stereocenters. The van der Waals surface area contributed by atoms with Crippen LogP contribution in [0.4, 0.5) is 10.1 Å². The van der Waals surface area contributed by atoms with Crippen LogP contribution < -0.4 is 5.56 Å². The lowest BCUT2D eigenvalue weighted by Crippen LogP contribution is -2.23. The smallest absolute Gasteiger partial charge is 0.287 e. The van der Waals surface area contributed by atoms with Gasteiger partial charge in [-0.3, -0.25) is 14.9 Å². The average molecular weight is 308 g/mol. The number of pyridine rings is 1. The zero-order valence-corrected chi connectivity index (χ0v) is 11.2. The van der Waals surface area contributed by atoms with Gasteiger partial charge >= 0.3 is 0 Å². The molecule has 0 aliphatic heterocycles. The number of aromatic nitrogens is 1. The van der Waals surface area contributed by atoms with Crippen molar-refractivity contribution in [1.82, 2.24) is 4.57 Å². The van der Waals surface area contributed by atoms with Crippen molar-refractivity contribution >= 4 is 17.3 Å². The van der Waals surface area contributed by atoms with E-state index in [1.165, 1.54) is 6.07 Å². The molecule has 0 spiro atoms. The molecule has 0 saturated carbocycles. The molecular weight excluding hydrogens is 301 g/mol. The summed E-state index contributed by atoms with van der Waals surface area (Å²) < 4.78 is 14.0. The van der Waals surface area contributed by atoms with Crippen LogP contribution in [0, 0.1) is 27.3 Å². The van der Waals surface area contributed by atoms with Crippen LogP contribution in [-0.4, -0.2) is 9.49 Å². The van der Waals surface area contributed by atoms with Crippen LogP contribution in [0.2, 0.25) is 5.02 Å². The van der Waals surface area contributed by atoms with Gasteiger partial charge in [0.25, 0.3) is 11.2 Å². The highest BCUT2D eigenvalue weighted by Crippen LogP contribution is 2.19. The molecule has 0 atom stereocenters. The van der Waals surface area contributed by atoms with E-state index in [4.69, 9.17) is 16.9 Å². The number of hydrogen-bond donors (Lipinski definition) is 0. The lowest BCUT2D eigenvalue weighted by atomic mass is 10.2. The summed E-state index contributed by atoms with van der Waals surface area (Å²) in [6, 6.07) is 6.12. The van der Waals surface area contributed by atoms with Gasteiger partial charge in [0.2, 0.25) is 0 Å². The first-order chi connectivity index (χ1) is 9.92. The number of hydrogen-bond acceptors (Lipinski definition) is 4. The lowest BCUT2D eigenvalue weighted by molar-refractivity contribution is -0.385. The second kappa shape index (κ2) is 5.73. The zero-order chi connectivity index (χ0) is 15.6. The van der Waals surface area contributed by atoms with Crippen molar-refractivity contribution in [3.63, 3.8) is 0 Å². The van der Waals surface area contributed by atoms with E-state index in [1.54, 1.807) is 6.07 Å². The average Bonchev–Trinajstić information content (AvgIpc) is 2.43. The Balaban J connectivity index is 2.53. The molecule has 0 amide bonds. The summed E-state index contributed by atoms with van der Waals surface area (Å²) in [5, 5.41) is 19.7. The number of nitriles is 1. The molecule has 6 nitrogen and oxygen atoms in total.